The lowest BCUT2D eigenvalue weighted by molar-refractivity contribution is -0.123. The van der Waals surface area contributed by atoms with Crippen molar-refractivity contribution >= 4 is 54.9 Å². The van der Waals surface area contributed by atoms with Gasteiger partial charge in [-0.1, -0.05) is 36.4 Å². The molecular formula is C26H18Br2N4O3. The molecule has 0 saturated carbocycles. The Hall–Kier alpha value is -3.74. The number of nitrogens with one attached hydrogen (secondary N) is 1. The second-order valence-corrected chi connectivity index (χ2v) is 8.99. The molecule has 3 aromatic carbocycles. The van der Waals surface area contributed by atoms with Gasteiger partial charge in [0.05, 0.1) is 26.8 Å². The summed E-state index contributed by atoms with van der Waals surface area (Å²) in [5, 5.41) is 14.2. The highest BCUT2D eigenvalue weighted by Crippen LogP contribution is 2.35. The zero-order valence-corrected chi connectivity index (χ0v) is 21.4. The van der Waals surface area contributed by atoms with Gasteiger partial charge in [0.2, 0.25) is 0 Å². The molecule has 0 fully saturated rings. The minimum atomic E-state index is -0.400. The summed E-state index contributed by atoms with van der Waals surface area (Å²) in [6.07, 6.45) is 3.19. The van der Waals surface area contributed by atoms with Crippen molar-refractivity contribution in [3.05, 3.63) is 98.6 Å². The standard InChI is InChI=1S/C26H18Br2N4O3/c27-21-11-17(12-22(28)26(21)35-15-20-6-2-1-5-19(20)13-29)14-31-32-24(33)16-34-23-9-3-7-18-8-4-10-30-25(18)23/h1-12,14H,15-16H2,(H,32,33)/b31-14+. The van der Waals surface area contributed by atoms with Gasteiger partial charge in [-0.05, 0) is 67.8 Å². The Labute approximate surface area is 218 Å². The molecule has 9 heteroatoms. The first-order valence-corrected chi connectivity index (χ1v) is 12.0. The zero-order valence-electron chi connectivity index (χ0n) is 18.2. The van der Waals surface area contributed by atoms with Gasteiger partial charge in [0.25, 0.3) is 5.91 Å². The van der Waals surface area contributed by atoms with Gasteiger partial charge in [-0.25, -0.2) is 5.43 Å². The number of hydrogen-bond donors (Lipinski definition) is 1. The molecule has 0 aliphatic carbocycles. The van der Waals surface area contributed by atoms with Crippen LogP contribution in [0.5, 0.6) is 11.5 Å². The molecule has 174 valence electrons. The number of ether oxygens (including phenoxy) is 2. The van der Waals surface area contributed by atoms with E-state index in [0.717, 1.165) is 16.5 Å². The third-order valence-electron chi connectivity index (χ3n) is 4.89. The molecule has 1 N–H and O–H groups in total. The first kappa shape index (κ1) is 24.4. The molecule has 7 nitrogen and oxygen atoms in total. The second-order valence-electron chi connectivity index (χ2n) is 7.28. The van der Waals surface area contributed by atoms with Crippen molar-refractivity contribution in [1.29, 1.82) is 5.26 Å². The minimum absolute atomic E-state index is 0.197. The maximum absolute atomic E-state index is 12.2. The number of fused-ring (bicyclic) bond motifs is 1. The normalized spacial score (nSPS) is 10.8. The highest BCUT2D eigenvalue weighted by molar-refractivity contribution is 9.11. The van der Waals surface area contributed by atoms with Crippen LogP contribution in [0.4, 0.5) is 0 Å². The number of benzene rings is 3. The third-order valence-corrected chi connectivity index (χ3v) is 6.07. The van der Waals surface area contributed by atoms with Crippen LogP contribution in [0.3, 0.4) is 0 Å². The van der Waals surface area contributed by atoms with Gasteiger partial charge in [-0.15, -0.1) is 0 Å². The van der Waals surface area contributed by atoms with Crippen LogP contribution in [-0.4, -0.2) is 23.7 Å². The Morgan fingerprint density at radius 3 is 2.63 bits per heavy atom. The maximum atomic E-state index is 12.2. The van der Waals surface area contributed by atoms with Crippen molar-refractivity contribution < 1.29 is 14.3 Å². The molecule has 4 rings (SSSR count). The number of hydrogen-bond acceptors (Lipinski definition) is 6. The summed E-state index contributed by atoms with van der Waals surface area (Å²) >= 11 is 7.01. The highest BCUT2D eigenvalue weighted by Gasteiger charge is 2.11. The van der Waals surface area contributed by atoms with Crippen molar-refractivity contribution in [1.82, 2.24) is 10.4 Å². The Kier molecular flexibility index (Phi) is 8.08. The number of carbonyl (C=O) groups is 1. The van der Waals surface area contributed by atoms with Crippen molar-refractivity contribution in [2.24, 2.45) is 5.10 Å². The molecule has 0 aliphatic heterocycles. The Balaban J connectivity index is 1.34. The summed E-state index contributed by atoms with van der Waals surface area (Å²) in [6.45, 7) is 0.0496. The second kappa shape index (κ2) is 11.6. The SMILES string of the molecule is N#Cc1ccccc1COc1c(Br)cc(/C=N/NC(=O)COc2cccc3cccnc23)cc1Br. The number of pyridine rings is 1. The molecule has 0 atom stereocenters. The quantitative estimate of drug-likeness (QED) is 0.208. The summed E-state index contributed by atoms with van der Waals surface area (Å²) in [5.41, 5.74) is 5.24. The number of nitrogens with zero attached hydrogens (tertiary/aromatic N) is 3. The molecule has 1 aromatic heterocycles. The fourth-order valence-corrected chi connectivity index (χ4v) is 4.69. The lowest BCUT2D eigenvalue weighted by Gasteiger charge is -2.12. The largest absolute Gasteiger partial charge is 0.486 e. The first-order valence-electron chi connectivity index (χ1n) is 10.4. The summed E-state index contributed by atoms with van der Waals surface area (Å²) in [6, 6.07) is 22.4. The number of amides is 1. The molecule has 0 aliphatic rings. The average Bonchev–Trinajstić information content (AvgIpc) is 2.87. The molecule has 4 aromatic rings. The van der Waals surface area contributed by atoms with Crippen molar-refractivity contribution in [3.63, 3.8) is 0 Å². The van der Waals surface area contributed by atoms with Crippen molar-refractivity contribution in [2.75, 3.05) is 6.61 Å². The molecule has 0 bridgehead atoms. The van der Waals surface area contributed by atoms with Crippen molar-refractivity contribution in [3.8, 4) is 17.6 Å². The monoisotopic (exact) mass is 592 g/mol. The van der Waals surface area contributed by atoms with E-state index in [4.69, 9.17) is 9.47 Å². The molecule has 35 heavy (non-hydrogen) atoms. The van der Waals surface area contributed by atoms with Crippen LogP contribution in [0.2, 0.25) is 0 Å². The van der Waals surface area contributed by atoms with Gasteiger partial charge in [0.1, 0.15) is 23.6 Å². The van der Waals surface area contributed by atoms with Crippen LogP contribution in [-0.2, 0) is 11.4 Å². The number of halogens is 2. The first-order chi connectivity index (χ1) is 17.0. The van der Waals surface area contributed by atoms with Gasteiger partial charge in [0.15, 0.2) is 6.61 Å². The Bertz CT molecular complexity index is 1420. The average molecular weight is 594 g/mol. The summed E-state index contributed by atoms with van der Waals surface area (Å²) in [7, 11) is 0. The van der Waals surface area contributed by atoms with E-state index in [1.807, 2.05) is 54.6 Å². The smallest absolute Gasteiger partial charge is 0.277 e. The molecule has 1 amide bonds. The summed E-state index contributed by atoms with van der Waals surface area (Å²) < 4.78 is 12.9. The molecule has 0 saturated heterocycles. The van der Waals surface area contributed by atoms with Gasteiger partial charge in [0, 0.05) is 17.1 Å². The lowest BCUT2D eigenvalue weighted by Crippen LogP contribution is -2.24. The molecule has 0 radical (unpaired) electrons. The van der Waals surface area contributed by atoms with Crippen LogP contribution >= 0.6 is 31.9 Å². The van der Waals surface area contributed by atoms with E-state index in [0.29, 0.717) is 31.5 Å². The number of hydrazone groups is 1. The summed E-state index contributed by atoms with van der Waals surface area (Å²) in [5.74, 6) is 0.725. The Morgan fingerprint density at radius 2 is 1.83 bits per heavy atom. The van der Waals surface area contributed by atoms with Crippen LogP contribution in [0.1, 0.15) is 16.7 Å². The third kappa shape index (κ3) is 6.23. The highest BCUT2D eigenvalue weighted by atomic mass is 79.9. The lowest BCUT2D eigenvalue weighted by atomic mass is 10.1. The topological polar surface area (TPSA) is 96.6 Å². The predicted molar refractivity (Wildman–Crippen MR) is 140 cm³/mol. The van der Waals surface area contributed by atoms with E-state index in [-0.39, 0.29) is 13.2 Å². The van der Waals surface area contributed by atoms with E-state index in [1.54, 1.807) is 18.3 Å². The van der Waals surface area contributed by atoms with Gasteiger partial charge >= 0.3 is 0 Å². The van der Waals surface area contributed by atoms with Gasteiger partial charge in [-0.3, -0.25) is 9.78 Å². The number of aromatic nitrogens is 1. The van der Waals surface area contributed by atoms with E-state index < -0.39 is 5.91 Å². The fraction of sp³-hybridized carbons (Fsp3) is 0.0769. The van der Waals surface area contributed by atoms with E-state index in [2.05, 4.69) is 53.4 Å². The fourth-order valence-electron chi connectivity index (χ4n) is 3.24. The zero-order chi connectivity index (χ0) is 24.6. The number of para-hydroxylation sites is 1. The van der Waals surface area contributed by atoms with Crippen LogP contribution < -0.4 is 14.9 Å². The number of carbonyl (C=O) groups excluding carboxylic acids is 1. The molecular weight excluding hydrogens is 576 g/mol. The van der Waals surface area contributed by atoms with Crippen molar-refractivity contribution in [2.45, 2.75) is 6.61 Å². The van der Waals surface area contributed by atoms with Crippen LogP contribution in [0, 0.1) is 11.3 Å². The van der Waals surface area contributed by atoms with Gasteiger partial charge in [-0.2, -0.15) is 10.4 Å². The van der Waals surface area contributed by atoms with Gasteiger partial charge < -0.3 is 9.47 Å². The predicted octanol–water partition coefficient (Wildman–Crippen LogP) is 5.74. The molecule has 1 heterocycles. The minimum Gasteiger partial charge on any atom is -0.486 e. The molecule has 0 spiro atoms. The van der Waals surface area contributed by atoms with E-state index in [1.165, 1.54) is 6.21 Å². The summed E-state index contributed by atoms with van der Waals surface area (Å²) in [4.78, 5) is 16.5. The maximum Gasteiger partial charge on any atom is 0.277 e. The van der Waals surface area contributed by atoms with Crippen LogP contribution in [0.25, 0.3) is 10.9 Å². The van der Waals surface area contributed by atoms with E-state index in [9.17, 15) is 10.1 Å². The number of rotatable bonds is 8. The van der Waals surface area contributed by atoms with Crippen LogP contribution in [0.15, 0.2) is 87.0 Å². The van der Waals surface area contributed by atoms with E-state index >= 15 is 0 Å². The number of nitriles is 1. The molecule has 0 unspecified atom stereocenters. The Morgan fingerprint density at radius 1 is 1.06 bits per heavy atom.